The predicted molar refractivity (Wildman–Crippen MR) is 62.5 cm³/mol. The molecular formula is C12H16N2O2. The minimum absolute atomic E-state index is 0.100. The number of carbonyl (C=O) groups excluding carboxylic acids is 1. The highest BCUT2D eigenvalue weighted by molar-refractivity contribution is 5.95. The van der Waals surface area contributed by atoms with Gasteiger partial charge in [0.25, 0.3) is 5.91 Å². The van der Waals surface area contributed by atoms with Crippen LogP contribution in [0, 0.1) is 5.92 Å². The van der Waals surface area contributed by atoms with Crippen molar-refractivity contribution in [2.45, 2.75) is 13.3 Å². The highest BCUT2D eigenvalue weighted by Crippen LogP contribution is 2.29. The molecule has 0 bridgehead atoms. The number of fused-ring (bicyclic) bond motifs is 1. The molecule has 2 rings (SSSR count). The van der Waals surface area contributed by atoms with Crippen molar-refractivity contribution in [3.63, 3.8) is 0 Å². The summed E-state index contributed by atoms with van der Waals surface area (Å²) < 4.78 is 5.29. The molecule has 1 unspecified atom stereocenters. The lowest BCUT2D eigenvalue weighted by Gasteiger charge is -2.19. The number of amides is 1. The predicted octanol–water partition coefficient (Wildman–Crippen LogP) is 1.15. The summed E-state index contributed by atoms with van der Waals surface area (Å²) in [6.07, 6.45) is 0.916. The average molecular weight is 220 g/mol. The molecule has 0 spiro atoms. The molecule has 0 saturated heterocycles. The van der Waals surface area contributed by atoms with Crippen LogP contribution in [0.1, 0.15) is 12.5 Å². The van der Waals surface area contributed by atoms with Gasteiger partial charge in [0, 0.05) is 0 Å². The fraction of sp³-hybridized carbons (Fsp3) is 0.417. The van der Waals surface area contributed by atoms with E-state index >= 15 is 0 Å². The van der Waals surface area contributed by atoms with Crippen molar-refractivity contribution >= 4 is 11.6 Å². The number of hydrogen-bond donors (Lipinski definition) is 2. The fourth-order valence-corrected chi connectivity index (χ4v) is 1.74. The number of ether oxygens (including phenoxy) is 1. The van der Waals surface area contributed by atoms with E-state index in [4.69, 9.17) is 10.5 Å². The Balaban J connectivity index is 2.18. The van der Waals surface area contributed by atoms with E-state index in [2.05, 4.69) is 12.2 Å². The summed E-state index contributed by atoms with van der Waals surface area (Å²) in [5, 5.41) is 2.80. The standard InChI is InChI=1S/C12H16N2O2/c1-8(6-13)4-9-2-3-11-10(5-9)14-12(15)7-16-11/h2-3,5,8H,4,6-7,13H2,1H3,(H,14,15). The van der Waals surface area contributed by atoms with Crippen molar-refractivity contribution in [3.05, 3.63) is 23.8 Å². The van der Waals surface area contributed by atoms with Crippen molar-refractivity contribution in [1.29, 1.82) is 0 Å². The lowest BCUT2D eigenvalue weighted by atomic mass is 10.0. The maximum atomic E-state index is 11.2. The molecule has 1 heterocycles. The Morgan fingerprint density at radius 2 is 2.38 bits per heavy atom. The lowest BCUT2D eigenvalue weighted by molar-refractivity contribution is -0.118. The van der Waals surface area contributed by atoms with E-state index in [0.29, 0.717) is 12.5 Å². The van der Waals surface area contributed by atoms with Gasteiger partial charge in [0.2, 0.25) is 0 Å². The van der Waals surface area contributed by atoms with Crippen LogP contribution in [0.2, 0.25) is 0 Å². The van der Waals surface area contributed by atoms with E-state index in [-0.39, 0.29) is 12.5 Å². The van der Waals surface area contributed by atoms with Gasteiger partial charge in [0.05, 0.1) is 5.69 Å². The molecule has 0 fully saturated rings. The second-order valence-electron chi connectivity index (χ2n) is 4.21. The zero-order valence-corrected chi connectivity index (χ0v) is 9.32. The van der Waals surface area contributed by atoms with E-state index in [1.807, 2.05) is 18.2 Å². The summed E-state index contributed by atoms with van der Waals surface area (Å²) in [6.45, 7) is 2.88. The Hall–Kier alpha value is -1.55. The highest BCUT2D eigenvalue weighted by Gasteiger charge is 2.16. The summed E-state index contributed by atoms with van der Waals surface area (Å²) in [7, 11) is 0. The van der Waals surface area contributed by atoms with Crippen molar-refractivity contribution in [1.82, 2.24) is 0 Å². The maximum Gasteiger partial charge on any atom is 0.262 e. The first-order chi connectivity index (χ1) is 7.69. The summed E-state index contributed by atoms with van der Waals surface area (Å²) in [5.41, 5.74) is 7.52. The van der Waals surface area contributed by atoms with Crippen molar-refractivity contribution in [3.8, 4) is 5.75 Å². The molecule has 1 aromatic carbocycles. The largest absolute Gasteiger partial charge is 0.482 e. The van der Waals surface area contributed by atoms with Gasteiger partial charge in [-0.15, -0.1) is 0 Å². The summed E-state index contributed by atoms with van der Waals surface area (Å²) >= 11 is 0. The van der Waals surface area contributed by atoms with Gasteiger partial charge < -0.3 is 15.8 Å². The summed E-state index contributed by atoms with van der Waals surface area (Å²) in [4.78, 5) is 11.2. The van der Waals surface area contributed by atoms with Crippen molar-refractivity contribution in [2.24, 2.45) is 11.7 Å². The molecule has 16 heavy (non-hydrogen) atoms. The van der Waals surface area contributed by atoms with Gasteiger partial charge >= 0.3 is 0 Å². The van der Waals surface area contributed by atoms with Crippen LogP contribution in [0.4, 0.5) is 5.69 Å². The molecule has 1 aliphatic heterocycles. The molecule has 86 valence electrons. The van der Waals surface area contributed by atoms with E-state index in [1.54, 1.807) is 0 Å². The van der Waals surface area contributed by atoms with Gasteiger partial charge in [-0.2, -0.15) is 0 Å². The zero-order chi connectivity index (χ0) is 11.5. The average Bonchev–Trinajstić information content (AvgIpc) is 2.28. The minimum atomic E-state index is -0.100. The fourth-order valence-electron chi connectivity index (χ4n) is 1.74. The van der Waals surface area contributed by atoms with Crippen LogP contribution in [0.5, 0.6) is 5.75 Å². The van der Waals surface area contributed by atoms with Crippen LogP contribution in [0.15, 0.2) is 18.2 Å². The number of nitrogens with one attached hydrogen (secondary N) is 1. The van der Waals surface area contributed by atoms with Crippen LogP contribution < -0.4 is 15.8 Å². The van der Waals surface area contributed by atoms with Gasteiger partial charge in [-0.25, -0.2) is 0 Å². The Labute approximate surface area is 94.8 Å². The Kier molecular flexibility index (Phi) is 3.10. The monoisotopic (exact) mass is 220 g/mol. The van der Waals surface area contributed by atoms with Crippen LogP contribution in [0.3, 0.4) is 0 Å². The van der Waals surface area contributed by atoms with Gasteiger partial charge in [-0.1, -0.05) is 13.0 Å². The van der Waals surface area contributed by atoms with Crippen molar-refractivity contribution < 1.29 is 9.53 Å². The molecule has 1 aliphatic rings. The SMILES string of the molecule is CC(CN)Cc1ccc2c(c1)NC(=O)CO2. The Bertz CT molecular complexity index is 404. The molecule has 1 amide bonds. The second-order valence-corrected chi connectivity index (χ2v) is 4.21. The van der Waals surface area contributed by atoms with Gasteiger partial charge in [0.15, 0.2) is 6.61 Å². The third-order valence-corrected chi connectivity index (χ3v) is 2.66. The third kappa shape index (κ3) is 2.33. The lowest BCUT2D eigenvalue weighted by Crippen LogP contribution is -2.25. The quantitative estimate of drug-likeness (QED) is 0.803. The Morgan fingerprint density at radius 3 is 3.12 bits per heavy atom. The van der Waals surface area contributed by atoms with E-state index in [1.165, 1.54) is 5.56 Å². The number of anilines is 1. The molecule has 0 aliphatic carbocycles. The maximum absolute atomic E-state index is 11.2. The van der Waals surface area contributed by atoms with Crippen LogP contribution >= 0.6 is 0 Å². The molecular weight excluding hydrogens is 204 g/mol. The summed E-state index contributed by atoms with van der Waals surface area (Å²) in [6, 6.07) is 5.87. The van der Waals surface area contributed by atoms with Gasteiger partial charge in [0.1, 0.15) is 5.75 Å². The highest BCUT2D eigenvalue weighted by atomic mass is 16.5. The molecule has 0 saturated carbocycles. The molecule has 4 heteroatoms. The van der Waals surface area contributed by atoms with Crippen molar-refractivity contribution in [2.75, 3.05) is 18.5 Å². The minimum Gasteiger partial charge on any atom is -0.482 e. The summed E-state index contributed by atoms with van der Waals surface area (Å²) in [5.74, 6) is 1.08. The van der Waals surface area contributed by atoms with Crippen LogP contribution in [-0.4, -0.2) is 19.1 Å². The number of rotatable bonds is 3. The zero-order valence-electron chi connectivity index (χ0n) is 9.32. The molecule has 4 nitrogen and oxygen atoms in total. The van der Waals surface area contributed by atoms with Crippen LogP contribution in [-0.2, 0) is 11.2 Å². The number of hydrogen-bond acceptors (Lipinski definition) is 3. The normalized spacial score (nSPS) is 16.0. The van der Waals surface area contributed by atoms with E-state index < -0.39 is 0 Å². The first-order valence-electron chi connectivity index (χ1n) is 5.44. The molecule has 0 radical (unpaired) electrons. The van der Waals surface area contributed by atoms with E-state index in [9.17, 15) is 4.79 Å². The molecule has 1 aromatic rings. The Morgan fingerprint density at radius 1 is 1.56 bits per heavy atom. The van der Waals surface area contributed by atoms with Gasteiger partial charge in [-0.3, -0.25) is 4.79 Å². The molecule has 0 aromatic heterocycles. The second kappa shape index (κ2) is 4.53. The van der Waals surface area contributed by atoms with Gasteiger partial charge in [-0.05, 0) is 36.6 Å². The third-order valence-electron chi connectivity index (χ3n) is 2.66. The number of carbonyl (C=O) groups is 1. The van der Waals surface area contributed by atoms with E-state index in [0.717, 1.165) is 17.9 Å². The topological polar surface area (TPSA) is 64.3 Å². The number of benzene rings is 1. The van der Waals surface area contributed by atoms with Crippen LogP contribution in [0.25, 0.3) is 0 Å². The number of nitrogens with two attached hydrogens (primary N) is 1. The molecule has 1 atom stereocenters. The first kappa shape index (κ1) is 11.0. The smallest absolute Gasteiger partial charge is 0.262 e. The first-order valence-corrected chi connectivity index (χ1v) is 5.44. The molecule has 3 N–H and O–H groups in total.